The van der Waals surface area contributed by atoms with Crippen LogP contribution in [0.2, 0.25) is 0 Å². The van der Waals surface area contributed by atoms with Gasteiger partial charge in [0.1, 0.15) is 13.2 Å². The zero-order valence-electron chi connectivity index (χ0n) is 40.5. The molecule has 0 bridgehead atoms. The Morgan fingerprint density at radius 2 is 0.635 bits per heavy atom. The van der Waals surface area contributed by atoms with Crippen molar-refractivity contribution in [1.82, 2.24) is 0 Å². The fraction of sp³-hybridized carbons (Fsp3) is 0.632. The third kappa shape index (κ3) is 49.0. The second-order valence-corrected chi connectivity index (χ2v) is 16.3. The molecule has 0 aromatic carbocycles. The molecule has 0 rings (SSSR count). The maximum absolute atomic E-state index is 12.8. The molecule has 0 N–H and O–H groups in total. The van der Waals surface area contributed by atoms with Crippen LogP contribution < -0.4 is 0 Å². The van der Waals surface area contributed by atoms with Gasteiger partial charge in [0.25, 0.3) is 0 Å². The summed E-state index contributed by atoms with van der Waals surface area (Å²) in [6, 6.07) is 0. The lowest BCUT2D eigenvalue weighted by atomic mass is 10.1. The Labute approximate surface area is 387 Å². The van der Waals surface area contributed by atoms with Crippen molar-refractivity contribution in [3.63, 3.8) is 0 Å². The largest absolute Gasteiger partial charge is 0.462 e. The first-order valence-corrected chi connectivity index (χ1v) is 25.4. The summed E-state index contributed by atoms with van der Waals surface area (Å²) in [6.45, 7) is 6.37. The van der Waals surface area contributed by atoms with E-state index in [0.29, 0.717) is 19.3 Å². The van der Waals surface area contributed by atoms with Crippen molar-refractivity contribution < 1.29 is 28.6 Å². The summed E-state index contributed by atoms with van der Waals surface area (Å²) in [4.78, 5) is 37.9. The third-order valence-electron chi connectivity index (χ3n) is 10.2. The first kappa shape index (κ1) is 59.1. The Morgan fingerprint density at radius 3 is 1.08 bits per heavy atom. The molecule has 0 saturated carbocycles. The monoisotopic (exact) mass is 873 g/mol. The van der Waals surface area contributed by atoms with E-state index < -0.39 is 6.10 Å². The number of rotatable bonds is 44. The van der Waals surface area contributed by atoms with Crippen LogP contribution in [0.15, 0.2) is 109 Å². The molecule has 356 valence electrons. The van der Waals surface area contributed by atoms with Crippen LogP contribution >= 0.6 is 0 Å². The summed E-state index contributed by atoms with van der Waals surface area (Å²) >= 11 is 0. The summed E-state index contributed by atoms with van der Waals surface area (Å²) in [5.74, 6) is -1.000. The molecular weight excluding hydrogens is 781 g/mol. The van der Waals surface area contributed by atoms with Gasteiger partial charge < -0.3 is 14.2 Å². The quantitative estimate of drug-likeness (QED) is 0.0263. The highest BCUT2D eigenvalue weighted by atomic mass is 16.6. The van der Waals surface area contributed by atoms with E-state index in [1.54, 1.807) is 0 Å². The SMILES string of the molecule is CC/C=C\C/C=C\C/C=C\C/C=C\C/C=C\CCCCCC(=O)OC[C@@H](COC(=O)CCCCCCC/C=C\CCCC)OC(=O)CCCC/C=C\C/C=C\C/C=C\CCCCC. The van der Waals surface area contributed by atoms with Gasteiger partial charge in [0.05, 0.1) is 0 Å². The number of hydrogen-bond donors (Lipinski definition) is 0. The van der Waals surface area contributed by atoms with Crippen LogP contribution in [0.3, 0.4) is 0 Å². The van der Waals surface area contributed by atoms with Gasteiger partial charge in [-0.1, -0.05) is 182 Å². The number of carbonyl (C=O) groups excluding carboxylic acids is 3. The van der Waals surface area contributed by atoms with Crippen LogP contribution in [0.5, 0.6) is 0 Å². The standard InChI is InChI=1S/C57H92O6/c1-4-7-10-13-16-19-22-24-26-27-28-29-31-32-35-38-41-44-47-50-56(59)62-53-54(52-61-55(58)49-46-43-40-37-34-21-18-15-12-9-6-3)63-57(60)51-48-45-42-39-36-33-30-25-23-20-17-14-11-8-5-2/h7,10,15-20,24-26,28-30,32,35-36,39,54H,4-6,8-9,11-14,21-23,27,31,33-34,37-38,40-53H2,1-3H3/b10-7-,18-15-,19-16-,20-17-,26-24-,29-28-,30-25-,35-32-,39-36-/t54-/m1/s1. The van der Waals surface area contributed by atoms with Gasteiger partial charge >= 0.3 is 17.9 Å². The first-order chi connectivity index (χ1) is 31.0. The zero-order chi connectivity index (χ0) is 45.8. The van der Waals surface area contributed by atoms with Gasteiger partial charge in [-0.3, -0.25) is 14.4 Å². The predicted octanol–water partition coefficient (Wildman–Crippen LogP) is 16.8. The number of hydrogen-bond acceptors (Lipinski definition) is 6. The second kappa shape index (κ2) is 50.7. The molecule has 0 aromatic heterocycles. The van der Waals surface area contributed by atoms with E-state index in [-0.39, 0.29) is 37.5 Å². The van der Waals surface area contributed by atoms with Crippen LogP contribution in [0.1, 0.15) is 213 Å². The van der Waals surface area contributed by atoms with E-state index in [1.165, 1.54) is 51.4 Å². The van der Waals surface area contributed by atoms with E-state index in [9.17, 15) is 14.4 Å². The Bertz CT molecular complexity index is 1330. The number of carbonyl (C=O) groups is 3. The van der Waals surface area contributed by atoms with E-state index in [1.807, 2.05) is 0 Å². The Hall–Kier alpha value is -3.93. The molecule has 0 unspecified atom stereocenters. The van der Waals surface area contributed by atoms with E-state index in [2.05, 4.69) is 130 Å². The fourth-order valence-electron chi connectivity index (χ4n) is 6.39. The van der Waals surface area contributed by atoms with Crippen LogP contribution in [0, 0.1) is 0 Å². The van der Waals surface area contributed by atoms with Gasteiger partial charge in [-0.05, 0) is 122 Å². The lowest BCUT2D eigenvalue weighted by molar-refractivity contribution is -0.167. The lowest BCUT2D eigenvalue weighted by Crippen LogP contribution is -2.30. The molecular formula is C57H92O6. The Morgan fingerprint density at radius 1 is 0.333 bits per heavy atom. The van der Waals surface area contributed by atoms with Crippen molar-refractivity contribution in [3.05, 3.63) is 109 Å². The maximum Gasteiger partial charge on any atom is 0.306 e. The summed E-state index contributed by atoms with van der Waals surface area (Å²) in [6.07, 6.45) is 67.9. The Kier molecular flexibility index (Phi) is 47.5. The fourth-order valence-corrected chi connectivity index (χ4v) is 6.39. The summed E-state index contributed by atoms with van der Waals surface area (Å²) in [5, 5.41) is 0. The number of ether oxygens (including phenoxy) is 3. The molecule has 0 amide bonds. The topological polar surface area (TPSA) is 78.9 Å². The molecule has 0 aromatic rings. The molecule has 6 nitrogen and oxygen atoms in total. The molecule has 0 aliphatic carbocycles. The highest BCUT2D eigenvalue weighted by Crippen LogP contribution is 2.12. The first-order valence-electron chi connectivity index (χ1n) is 25.4. The minimum Gasteiger partial charge on any atom is -0.462 e. The molecule has 6 heteroatoms. The normalized spacial score (nSPS) is 13.0. The van der Waals surface area contributed by atoms with Crippen molar-refractivity contribution in [3.8, 4) is 0 Å². The summed E-state index contributed by atoms with van der Waals surface area (Å²) < 4.78 is 16.7. The maximum atomic E-state index is 12.8. The van der Waals surface area contributed by atoms with Crippen molar-refractivity contribution in [2.24, 2.45) is 0 Å². The molecule has 0 fully saturated rings. The van der Waals surface area contributed by atoms with Crippen molar-refractivity contribution in [2.75, 3.05) is 13.2 Å². The van der Waals surface area contributed by atoms with Gasteiger partial charge in [-0.25, -0.2) is 0 Å². The van der Waals surface area contributed by atoms with E-state index in [4.69, 9.17) is 14.2 Å². The minimum absolute atomic E-state index is 0.111. The molecule has 63 heavy (non-hydrogen) atoms. The van der Waals surface area contributed by atoms with Crippen LogP contribution in [-0.2, 0) is 28.6 Å². The van der Waals surface area contributed by atoms with Gasteiger partial charge in [0.2, 0.25) is 0 Å². The Balaban J connectivity index is 4.51. The molecule has 1 atom stereocenters. The molecule has 0 aliphatic rings. The van der Waals surface area contributed by atoms with Crippen molar-refractivity contribution >= 4 is 17.9 Å². The number of unbranched alkanes of at least 4 members (excludes halogenated alkanes) is 15. The molecule has 0 aliphatic heterocycles. The van der Waals surface area contributed by atoms with E-state index in [0.717, 1.165) is 116 Å². The second-order valence-electron chi connectivity index (χ2n) is 16.3. The van der Waals surface area contributed by atoms with Crippen molar-refractivity contribution in [1.29, 1.82) is 0 Å². The zero-order valence-corrected chi connectivity index (χ0v) is 40.5. The predicted molar refractivity (Wildman–Crippen MR) is 270 cm³/mol. The van der Waals surface area contributed by atoms with Crippen molar-refractivity contribution in [2.45, 2.75) is 219 Å². The van der Waals surface area contributed by atoms with Gasteiger partial charge in [0, 0.05) is 19.3 Å². The average Bonchev–Trinajstić information content (AvgIpc) is 3.28. The number of esters is 3. The average molecular weight is 873 g/mol. The summed E-state index contributed by atoms with van der Waals surface area (Å²) in [7, 11) is 0. The van der Waals surface area contributed by atoms with Crippen LogP contribution in [0.25, 0.3) is 0 Å². The highest BCUT2D eigenvalue weighted by molar-refractivity contribution is 5.71. The molecule has 0 spiro atoms. The molecule has 0 heterocycles. The third-order valence-corrected chi connectivity index (χ3v) is 10.2. The van der Waals surface area contributed by atoms with Crippen LogP contribution in [0.4, 0.5) is 0 Å². The lowest BCUT2D eigenvalue weighted by Gasteiger charge is -2.18. The van der Waals surface area contributed by atoms with Crippen LogP contribution in [-0.4, -0.2) is 37.2 Å². The molecule has 0 saturated heterocycles. The highest BCUT2D eigenvalue weighted by Gasteiger charge is 2.19. The number of allylic oxidation sites excluding steroid dienone is 18. The van der Waals surface area contributed by atoms with Gasteiger partial charge in [0.15, 0.2) is 6.10 Å². The minimum atomic E-state index is -0.816. The van der Waals surface area contributed by atoms with Gasteiger partial charge in [-0.15, -0.1) is 0 Å². The summed E-state index contributed by atoms with van der Waals surface area (Å²) in [5.41, 5.74) is 0. The smallest absolute Gasteiger partial charge is 0.306 e. The van der Waals surface area contributed by atoms with E-state index >= 15 is 0 Å². The molecule has 0 radical (unpaired) electrons. The van der Waals surface area contributed by atoms with Gasteiger partial charge in [-0.2, -0.15) is 0 Å².